The lowest BCUT2D eigenvalue weighted by atomic mass is 9.87. The highest BCUT2D eigenvalue weighted by Crippen LogP contribution is 2.26. The van der Waals surface area contributed by atoms with Gasteiger partial charge in [0.1, 0.15) is 11.8 Å². The third-order valence-corrected chi connectivity index (χ3v) is 7.11. The van der Waals surface area contributed by atoms with Crippen LogP contribution < -0.4 is 10.1 Å². The Labute approximate surface area is 242 Å². The summed E-state index contributed by atoms with van der Waals surface area (Å²) in [5.41, 5.74) is 2.90. The van der Waals surface area contributed by atoms with Crippen molar-refractivity contribution in [2.75, 3.05) is 13.2 Å². The van der Waals surface area contributed by atoms with E-state index in [0.717, 1.165) is 11.1 Å². The van der Waals surface area contributed by atoms with Gasteiger partial charge in [-0.25, -0.2) is 0 Å². The van der Waals surface area contributed by atoms with Gasteiger partial charge in [-0.1, -0.05) is 106 Å². The molecule has 0 spiro atoms. The summed E-state index contributed by atoms with van der Waals surface area (Å²) in [6.07, 6.45) is 0.359. The van der Waals surface area contributed by atoms with Crippen molar-refractivity contribution in [1.82, 2.24) is 10.2 Å². The van der Waals surface area contributed by atoms with Gasteiger partial charge in [-0.05, 0) is 52.3 Å². The molecule has 208 valence electrons. The summed E-state index contributed by atoms with van der Waals surface area (Å²) in [5, 5.41) is 3.83. The number of hydrogen-bond acceptors (Lipinski definition) is 3. The van der Waals surface area contributed by atoms with E-state index in [0.29, 0.717) is 28.8 Å². The molecule has 2 amide bonds. The topological polar surface area (TPSA) is 58.6 Å². The van der Waals surface area contributed by atoms with Crippen LogP contribution in [0.5, 0.6) is 5.75 Å². The van der Waals surface area contributed by atoms with E-state index in [2.05, 4.69) is 26.1 Å². The molecule has 0 radical (unpaired) electrons. The third-order valence-electron chi connectivity index (χ3n) is 6.38. The Bertz CT molecular complexity index is 1240. The first-order chi connectivity index (χ1) is 18.4. The maximum atomic E-state index is 13.7. The Morgan fingerprint density at radius 2 is 1.56 bits per heavy atom. The summed E-state index contributed by atoms with van der Waals surface area (Å²) in [4.78, 5) is 28.8. The zero-order valence-corrected chi connectivity index (χ0v) is 24.9. The summed E-state index contributed by atoms with van der Waals surface area (Å²) in [6.45, 7) is 11.0. The minimum absolute atomic E-state index is 0.0129. The Kier molecular flexibility index (Phi) is 10.8. The molecule has 0 aliphatic heterocycles. The Balaban J connectivity index is 1.90. The van der Waals surface area contributed by atoms with Gasteiger partial charge in [-0.3, -0.25) is 9.59 Å². The molecule has 0 saturated heterocycles. The molecule has 1 unspecified atom stereocenters. The van der Waals surface area contributed by atoms with Crippen molar-refractivity contribution in [2.45, 2.75) is 59.0 Å². The summed E-state index contributed by atoms with van der Waals surface area (Å²) in [7, 11) is 0. The van der Waals surface area contributed by atoms with E-state index in [4.69, 9.17) is 27.9 Å². The minimum Gasteiger partial charge on any atom is -0.484 e. The molecule has 0 fully saturated rings. The minimum atomic E-state index is -0.750. The second kappa shape index (κ2) is 13.9. The van der Waals surface area contributed by atoms with Gasteiger partial charge in [-0.2, -0.15) is 0 Å². The van der Waals surface area contributed by atoms with E-state index < -0.39 is 6.04 Å². The van der Waals surface area contributed by atoms with Crippen molar-refractivity contribution in [2.24, 2.45) is 5.92 Å². The number of hydrogen-bond donors (Lipinski definition) is 1. The molecule has 0 aliphatic carbocycles. The molecule has 39 heavy (non-hydrogen) atoms. The monoisotopic (exact) mass is 568 g/mol. The van der Waals surface area contributed by atoms with Crippen molar-refractivity contribution < 1.29 is 14.3 Å². The number of ether oxygens (including phenoxy) is 1. The van der Waals surface area contributed by atoms with Gasteiger partial charge >= 0.3 is 0 Å². The molecule has 7 heteroatoms. The molecule has 0 aliphatic rings. The number of amides is 2. The largest absolute Gasteiger partial charge is 0.484 e. The molecular weight excluding hydrogens is 531 g/mol. The van der Waals surface area contributed by atoms with Gasteiger partial charge in [0, 0.05) is 19.5 Å². The molecule has 0 aromatic heterocycles. The molecule has 3 aromatic carbocycles. The van der Waals surface area contributed by atoms with Gasteiger partial charge in [0.05, 0.1) is 10.0 Å². The Morgan fingerprint density at radius 1 is 0.897 bits per heavy atom. The third kappa shape index (κ3) is 9.29. The number of halogens is 2. The van der Waals surface area contributed by atoms with Crippen molar-refractivity contribution >= 4 is 35.0 Å². The Morgan fingerprint density at radius 3 is 2.15 bits per heavy atom. The normalized spacial score (nSPS) is 12.2. The van der Waals surface area contributed by atoms with Gasteiger partial charge in [0.25, 0.3) is 5.91 Å². The molecule has 0 saturated carbocycles. The maximum Gasteiger partial charge on any atom is 0.261 e. The number of carbonyl (C=O) groups is 2. The number of nitrogens with zero attached hydrogens (tertiary/aromatic N) is 1. The van der Waals surface area contributed by atoms with Crippen molar-refractivity contribution in [3.8, 4) is 5.75 Å². The average molecular weight is 570 g/mol. The van der Waals surface area contributed by atoms with Crippen LogP contribution in [0.15, 0.2) is 72.8 Å². The van der Waals surface area contributed by atoms with Crippen LogP contribution in [0, 0.1) is 5.92 Å². The molecule has 1 N–H and O–H groups in total. The van der Waals surface area contributed by atoms with Crippen molar-refractivity contribution in [3.05, 3.63) is 99.5 Å². The summed E-state index contributed by atoms with van der Waals surface area (Å²) in [5.74, 6) is 0.344. The summed E-state index contributed by atoms with van der Waals surface area (Å²) in [6, 6.07) is 21.9. The van der Waals surface area contributed by atoms with Crippen LogP contribution in [0.4, 0.5) is 0 Å². The molecule has 0 heterocycles. The first-order valence-electron chi connectivity index (χ1n) is 13.2. The molecule has 5 nitrogen and oxygen atoms in total. The van der Waals surface area contributed by atoms with E-state index in [1.165, 1.54) is 5.56 Å². The molecule has 3 aromatic rings. The molecule has 1 atom stereocenters. The highest BCUT2D eigenvalue weighted by atomic mass is 35.5. The lowest BCUT2D eigenvalue weighted by Crippen LogP contribution is -2.52. The van der Waals surface area contributed by atoms with Crippen LogP contribution in [0.25, 0.3) is 0 Å². The van der Waals surface area contributed by atoms with Crippen LogP contribution in [-0.4, -0.2) is 35.9 Å². The predicted octanol–water partition coefficient (Wildman–Crippen LogP) is 7.08. The molecular formula is C32H38Cl2N2O3. The quantitative estimate of drug-likeness (QED) is 0.269. The predicted molar refractivity (Wildman–Crippen MR) is 159 cm³/mol. The van der Waals surface area contributed by atoms with Crippen molar-refractivity contribution in [3.63, 3.8) is 0 Å². The first kappa shape index (κ1) is 30.5. The summed E-state index contributed by atoms with van der Waals surface area (Å²) < 4.78 is 5.91. The van der Waals surface area contributed by atoms with Gasteiger partial charge < -0.3 is 15.0 Å². The lowest BCUT2D eigenvalue weighted by Gasteiger charge is -2.32. The fourth-order valence-corrected chi connectivity index (χ4v) is 4.41. The molecule has 0 bridgehead atoms. The van der Waals surface area contributed by atoms with Crippen LogP contribution in [0.1, 0.15) is 51.3 Å². The fraction of sp³-hybridized carbons (Fsp3) is 0.375. The number of carbonyl (C=O) groups excluding carboxylic acids is 2. The second-order valence-electron chi connectivity index (χ2n) is 11.2. The number of benzene rings is 3. The smallest absolute Gasteiger partial charge is 0.261 e. The highest BCUT2D eigenvalue weighted by Gasteiger charge is 2.31. The second-order valence-corrected chi connectivity index (χ2v) is 12.0. The lowest BCUT2D eigenvalue weighted by molar-refractivity contribution is -0.142. The average Bonchev–Trinajstić information content (AvgIpc) is 2.90. The zero-order valence-electron chi connectivity index (χ0n) is 23.3. The zero-order chi connectivity index (χ0) is 28.6. The number of rotatable bonds is 11. The van der Waals surface area contributed by atoms with Gasteiger partial charge in [-0.15, -0.1) is 0 Å². The van der Waals surface area contributed by atoms with E-state index in [1.807, 2.05) is 74.5 Å². The van der Waals surface area contributed by atoms with Gasteiger partial charge in [0.2, 0.25) is 5.91 Å². The van der Waals surface area contributed by atoms with Gasteiger partial charge in [0.15, 0.2) is 6.61 Å². The SMILES string of the molecule is CC(C)CNC(=O)C(Cc1ccccc1)N(Cc1ccc(Cl)c(Cl)c1)C(=O)COc1ccc(C(C)(C)C)cc1. The van der Waals surface area contributed by atoms with Crippen LogP contribution in [0.3, 0.4) is 0 Å². The Hall–Kier alpha value is -3.02. The fourth-order valence-electron chi connectivity index (χ4n) is 4.09. The van der Waals surface area contributed by atoms with Crippen LogP contribution in [0.2, 0.25) is 10.0 Å². The maximum absolute atomic E-state index is 13.7. The highest BCUT2D eigenvalue weighted by molar-refractivity contribution is 6.42. The first-order valence-corrected chi connectivity index (χ1v) is 14.0. The van der Waals surface area contributed by atoms with Crippen LogP contribution in [-0.2, 0) is 28.0 Å². The number of nitrogens with one attached hydrogen (secondary N) is 1. The van der Waals surface area contributed by atoms with Crippen LogP contribution >= 0.6 is 23.2 Å². The molecule has 3 rings (SSSR count). The van der Waals surface area contributed by atoms with E-state index in [1.54, 1.807) is 17.0 Å². The van der Waals surface area contributed by atoms with E-state index in [9.17, 15) is 9.59 Å². The van der Waals surface area contributed by atoms with Crippen molar-refractivity contribution in [1.29, 1.82) is 0 Å². The standard InChI is InChI=1S/C32H38Cl2N2O3/c1-22(2)19-35-31(38)29(18-23-9-7-6-8-10-23)36(20-24-11-16-27(33)28(34)17-24)30(37)21-39-26-14-12-25(13-15-26)32(3,4)5/h6-17,22,29H,18-21H2,1-5H3,(H,35,38). The summed E-state index contributed by atoms with van der Waals surface area (Å²) >= 11 is 12.4. The van der Waals surface area contributed by atoms with E-state index in [-0.39, 0.29) is 36.3 Å². The van der Waals surface area contributed by atoms with E-state index >= 15 is 0 Å².